The van der Waals surface area contributed by atoms with Crippen LogP contribution in [0.3, 0.4) is 0 Å². The number of benzene rings is 3. The average Bonchev–Trinajstić information content (AvgIpc) is 2.81. The summed E-state index contributed by atoms with van der Waals surface area (Å²) in [5.74, 6) is -0.297. The summed E-state index contributed by atoms with van der Waals surface area (Å²) in [6.07, 6.45) is 1.13. The second kappa shape index (κ2) is 11.0. The Morgan fingerprint density at radius 2 is 1.30 bits per heavy atom. The molecule has 0 heterocycles. The number of nitrogens with one attached hydrogen (secondary N) is 1. The monoisotopic (exact) mass is 400 g/mol. The third-order valence-electron chi connectivity index (χ3n) is 5.06. The molecule has 0 saturated heterocycles. The molecule has 3 rings (SSSR count). The smallest absolute Gasteiger partial charge is 0.232 e. The summed E-state index contributed by atoms with van der Waals surface area (Å²) in [5, 5.41) is 3.07. The van der Waals surface area contributed by atoms with E-state index in [4.69, 9.17) is 0 Å². The van der Waals surface area contributed by atoms with Crippen LogP contribution in [-0.2, 0) is 9.59 Å². The van der Waals surface area contributed by atoms with Crippen LogP contribution in [0.2, 0.25) is 0 Å². The molecule has 0 aliphatic carbocycles. The highest BCUT2D eigenvalue weighted by Gasteiger charge is 2.22. The zero-order valence-electron chi connectivity index (χ0n) is 17.3. The predicted octanol–water partition coefficient (Wildman–Crippen LogP) is 4.77. The molecule has 1 N–H and O–H groups in total. The van der Waals surface area contributed by atoms with Gasteiger partial charge >= 0.3 is 0 Å². The highest BCUT2D eigenvalue weighted by molar-refractivity contribution is 5.93. The molecule has 0 aromatic heterocycles. The Morgan fingerprint density at radius 1 is 0.800 bits per heavy atom. The van der Waals surface area contributed by atoms with Crippen LogP contribution < -0.4 is 10.2 Å². The molecule has 0 bridgehead atoms. The molecule has 154 valence electrons. The van der Waals surface area contributed by atoms with Crippen LogP contribution in [-0.4, -0.2) is 24.9 Å². The van der Waals surface area contributed by atoms with E-state index >= 15 is 0 Å². The lowest BCUT2D eigenvalue weighted by atomic mass is 9.90. The topological polar surface area (TPSA) is 49.4 Å². The zero-order chi connectivity index (χ0) is 21.2. The molecule has 0 saturated carbocycles. The van der Waals surface area contributed by atoms with Crippen molar-refractivity contribution in [2.45, 2.75) is 25.7 Å². The summed E-state index contributed by atoms with van der Waals surface area (Å²) in [6, 6.07) is 29.3. The molecule has 2 amide bonds. The van der Waals surface area contributed by atoms with Crippen molar-refractivity contribution in [2.75, 3.05) is 18.0 Å². The number of anilines is 1. The van der Waals surface area contributed by atoms with Gasteiger partial charge in [-0.25, -0.2) is 0 Å². The van der Waals surface area contributed by atoms with E-state index < -0.39 is 0 Å². The molecule has 3 aromatic carbocycles. The predicted molar refractivity (Wildman–Crippen MR) is 121 cm³/mol. The zero-order valence-corrected chi connectivity index (χ0v) is 17.3. The minimum Gasteiger partial charge on any atom is -0.355 e. The van der Waals surface area contributed by atoms with E-state index in [0.29, 0.717) is 25.9 Å². The Bertz CT molecular complexity index is 888. The van der Waals surface area contributed by atoms with E-state index in [-0.39, 0.29) is 17.7 Å². The van der Waals surface area contributed by atoms with Crippen LogP contribution in [0.1, 0.15) is 36.8 Å². The highest BCUT2D eigenvalue weighted by atomic mass is 16.2. The molecule has 0 aliphatic heterocycles. The number of hydrogen-bond acceptors (Lipinski definition) is 2. The molecular weight excluding hydrogens is 372 g/mol. The lowest BCUT2D eigenvalue weighted by Gasteiger charge is -2.23. The molecule has 3 aromatic rings. The molecule has 4 heteroatoms. The largest absolute Gasteiger partial charge is 0.355 e. The maximum absolute atomic E-state index is 13.1. The molecule has 0 unspecified atom stereocenters. The molecule has 30 heavy (non-hydrogen) atoms. The Hall–Kier alpha value is -3.40. The first-order chi connectivity index (χ1) is 14.7. The van der Waals surface area contributed by atoms with E-state index in [1.54, 1.807) is 4.90 Å². The fourth-order valence-electron chi connectivity index (χ4n) is 3.53. The second-order valence-corrected chi connectivity index (χ2v) is 7.13. The Morgan fingerprint density at radius 3 is 1.80 bits per heavy atom. The van der Waals surface area contributed by atoms with Crippen molar-refractivity contribution in [3.63, 3.8) is 0 Å². The number of carbonyl (C=O) groups is 2. The lowest BCUT2D eigenvalue weighted by molar-refractivity contribution is -0.121. The summed E-state index contributed by atoms with van der Waals surface area (Å²) < 4.78 is 0. The van der Waals surface area contributed by atoms with E-state index in [1.165, 1.54) is 0 Å². The van der Waals surface area contributed by atoms with E-state index in [0.717, 1.165) is 16.8 Å². The average molecular weight is 401 g/mol. The Balaban J connectivity index is 1.63. The van der Waals surface area contributed by atoms with Crippen LogP contribution in [0.15, 0.2) is 91.0 Å². The van der Waals surface area contributed by atoms with Gasteiger partial charge in [-0.15, -0.1) is 0 Å². The normalized spacial score (nSPS) is 10.6. The van der Waals surface area contributed by atoms with Gasteiger partial charge in [0, 0.05) is 25.2 Å². The molecule has 0 aliphatic rings. The van der Waals surface area contributed by atoms with Crippen molar-refractivity contribution >= 4 is 17.5 Å². The second-order valence-electron chi connectivity index (χ2n) is 7.13. The summed E-state index contributed by atoms with van der Waals surface area (Å²) in [7, 11) is 0. The van der Waals surface area contributed by atoms with Gasteiger partial charge in [-0.1, -0.05) is 85.8 Å². The lowest BCUT2D eigenvalue weighted by Crippen LogP contribution is -2.35. The first-order valence-electron chi connectivity index (χ1n) is 10.4. The Kier molecular flexibility index (Phi) is 7.78. The maximum Gasteiger partial charge on any atom is 0.232 e. The van der Waals surface area contributed by atoms with Crippen molar-refractivity contribution in [3.05, 3.63) is 102 Å². The minimum absolute atomic E-state index is 0.0273. The number of hydrogen-bond donors (Lipinski definition) is 1. The van der Waals surface area contributed by atoms with Crippen molar-refractivity contribution in [2.24, 2.45) is 0 Å². The van der Waals surface area contributed by atoms with E-state index in [9.17, 15) is 9.59 Å². The van der Waals surface area contributed by atoms with Crippen LogP contribution in [0.4, 0.5) is 5.69 Å². The van der Waals surface area contributed by atoms with Gasteiger partial charge in [0.15, 0.2) is 0 Å². The van der Waals surface area contributed by atoms with Crippen molar-refractivity contribution in [1.29, 1.82) is 0 Å². The number of para-hydroxylation sites is 1. The van der Waals surface area contributed by atoms with Gasteiger partial charge in [0.1, 0.15) is 0 Å². The SMILES string of the molecule is CCC(=O)N(CCCNC(=O)C(c1ccccc1)c1ccccc1)c1ccccc1. The summed E-state index contributed by atoms with van der Waals surface area (Å²) >= 11 is 0. The minimum atomic E-state index is -0.352. The molecule has 0 fully saturated rings. The fraction of sp³-hybridized carbons (Fsp3) is 0.231. The summed E-state index contributed by atoms with van der Waals surface area (Å²) in [6.45, 7) is 2.94. The van der Waals surface area contributed by atoms with Gasteiger partial charge in [-0.3, -0.25) is 9.59 Å². The first-order valence-corrected chi connectivity index (χ1v) is 10.4. The van der Waals surface area contributed by atoms with Crippen LogP contribution in [0.25, 0.3) is 0 Å². The number of amides is 2. The quantitative estimate of drug-likeness (QED) is 0.526. The maximum atomic E-state index is 13.1. The Labute approximate surface area is 178 Å². The van der Waals surface area contributed by atoms with Crippen molar-refractivity contribution in [3.8, 4) is 0 Å². The van der Waals surface area contributed by atoms with E-state index in [2.05, 4.69) is 5.32 Å². The van der Waals surface area contributed by atoms with Crippen LogP contribution in [0, 0.1) is 0 Å². The van der Waals surface area contributed by atoms with Gasteiger partial charge in [0.25, 0.3) is 0 Å². The number of carbonyl (C=O) groups excluding carboxylic acids is 2. The van der Waals surface area contributed by atoms with Gasteiger partial charge < -0.3 is 10.2 Å². The third-order valence-corrected chi connectivity index (χ3v) is 5.06. The summed E-state index contributed by atoms with van der Waals surface area (Å²) in [4.78, 5) is 27.2. The van der Waals surface area contributed by atoms with Gasteiger partial charge in [0.05, 0.1) is 5.92 Å². The van der Waals surface area contributed by atoms with Gasteiger partial charge in [0.2, 0.25) is 11.8 Å². The highest BCUT2D eigenvalue weighted by Crippen LogP contribution is 2.24. The molecule has 0 spiro atoms. The molecular formula is C26H28N2O2. The standard InChI is InChI=1S/C26H28N2O2/c1-2-24(29)28(23-17-10-5-11-18-23)20-12-19-27-26(30)25(21-13-6-3-7-14-21)22-15-8-4-9-16-22/h3-11,13-18,25H,2,12,19-20H2,1H3,(H,27,30). The fourth-order valence-corrected chi connectivity index (χ4v) is 3.53. The number of nitrogens with zero attached hydrogens (tertiary/aromatic N) is 1. The van der Waals surface area contributed by atoms with Crippen molar-refractivity contribution in [1.82, 2.24) is 5.32 Å². The van der Waals surface area contributed by atoms with E-state index in [1.807, 2.05) is 97.9 Å². The van der Waals surface area contributed by atoms with Crippen LogP contribution in [0.5, 0.6) is 0 Å². The number of rotatable bonds is 9. The van der Waals surface area contributed by atoms with Crippen molar-refractivity contribution < 1.29 is 9.59 Å². The first kappa shape index (κ1) is 21.3. The molecule has 4 nitrogen and oxygen atoms in total. The summed E-state index contributed by atoms with van der Waals surface area (Å²) in [5.41, 5.74) is 2.82. The van der Waals surface area contributed by atoms with Gasteiger partial charge in [-0.2, -0.15) is 0 Å². The molecule has 0 radical (unpaired) electrons. The van der Waals surface area contributed by atoms with Crippen LogP contribution >= 0.6 is 0 Å². The molecule has 0 atom stereocenters. The van der Waals surface area contributed by atoms with Gasteiger partial charge in [-0.05, 0) is 29.7 Å². The third kappa shape index (κ3) is 5.57.